The Hall–Kier alpha value is -0.840. The van der Waals surface area contributed by atoms with E-state index in [2.05, 4.69) is 28.3 Å². The van der Waals surface area contributed by atoms with E-state index in [-0.39, 0.29) is 0 Å². The highest BCUT2D eigenvalue weighted by Gasteiger charge is 2.17. The molecule has 0 amide bonds. The molecule has 2 heterocycles. The first kappa shape index (κ1) is 14.6. The topological polar surface area (TPSA) is 37.4 Å². The van der Waals surface area contributed by atoms with Gasteiger partial charge in [-0.05, 0) is 37.4 Å². The van der Waals surface area contributed by atoms with Gasteiger partial charge < -0.3 is 15.0 Å². The molecule has 1 saturated heterocycles. The fraction of sp³-hybridized carbons (Fsp3) is 0.643. The molecule has 1 aromatic heterocycles. The number of rotatable bonds is 5. The zero-order chi connectivity index (χ0) is 13.7. The van der Waals surface area contributed by atoms with E-state index in [1.54, 1.807) is 6.20 Å². The van der Waals surface area contributed by atoms with Crippen LogP contribution in [0.3, 0.4) is 0 Å². The third kappa shape index (κ3) is 4.06. The molecule has 2 rings (SSSR count). The molecular formula is C14H22ClN3O. The predicted octanol–water partition coefficient (Wildman–Crippen LogP) is 2.32. The Morgan fingerprint density at radius 2 is 2.21 bits per heavy atom. The molecule has 1 fully saturated rings. The molecule has 0 aromatic carbocycles. The molecule has 0 radical (unpaired) electrons. The molecular weight excluding hydrogens is 262 g/mol. The van der Waals surface area contributed by atoms with Crippen LogP contribution in [-0.4, -0.2) is 38.8 Å². The standard InChI is InChI=1S/C14H22ClN3O/c1-16-8-12-7-14(17-9-13(12)15)18(2)10-11-3-5-19-6-4-11/h7,9,11,16H,3-6,8,10H2,1-2H3. The summed E-state index contributed by atoms with van der Waals surface area (Å²) in [6.45, 7) is 3.56. The molecule has 0 spiro atoms. The summed E-state index contributed by atoms with van der Waals surface area (Å²) in [5, 5.41) is 3.85. The van der Waals surface area contributed by atoms with Crippen LogP contribution in [0.15, 0.2) is 12.3 Å². The Bertz CT molecular complexity index is 408. The Morgan fingerprint density at radius 1 is 1.47 bits per heavy atom. The van der Waals surface area contributed by atoms with Crippen molar-refractivity contribution in [3.63, 3.8) is 0 Å². The summed E-state index contributed by atoms with van der Waals surface area (Å²) in [5.41, 5.74) is 1.09. The van der Waals surface area contributed by atoms with Crippen molar-refractivity contribution in [1.29, 1.82) is 0 Å². The minimum absolute atomic E-state index is 0.698. The van der Waals surface area contributed by atoms with Crippen molar-refractivity contribution in [2.24, 2.45) is 5.92 Å². The molecule has 1 N–H and O–H groups in total. The zero-order valence-electron chi connectivity index (χ0n) is 11.7. The molecule has 5 heteroatoms. The molecule has 1 aromatic rings. The first-order valence-corrected chi connectivity index (χ1v) is 7.16. The van der Waals surface area contributed by atoms with Gasteiger partial charge in [-0.3, -0.25) is 0 Å². The maximum atomic E-state index is 6.13. The summed E-state index contributed by atoms with van der Waals surface area (Å²) in [5.74, 6) is 1.69. The average molecular weight is 284 g/mol. The van der Waals surface area contributed by atoms with Crippen LogP contribution in [0.1, 0.15) is 18.4 Å². The van der Waals surface area contributed by atoms with Crippen LogP contribution in [-0.2, 0) is 11.3 Å². The number of pyridine rings is 1. The van der Waals surface area contributed by atoms with E-state index in [0.717, 1.165) is 55.5 Å². The van der Waals surface area contributed by atoms with Gasteiger partial charge in [-0.15, -0.1) is 0 Å². The van der Waals surface area contributed by atoms with Crippen molar-refractivity contribution in [2.75, 3.05) is 38.8 Å². The SMILES string of the molecule is CNCc1cc(N(C)CC2CCOCC2)ncc1Cl. The normalized spacial score (nSPS) is 16.6. The van der Waals surface area contributed by atoms with Gasteiger partial charge >= 0.3 is 0 Å². The molecule has 0 aliphatic carbocycles. The Kier molecular flexibility index (Phi) is 5.43. The van der Waals surface area contributed by atoms with Crippen molar-refractivity contribution < 1.29 is 4.74 Å². The third-order valence-corrected chi connectivity index (χ3v) is 3.89. The second-order valence-corrected chi connectivity index (χ2v) is 5.51. The molecule has 0 saturated carbocycles. The maximum Gasteiger partial charge on any atom is 0.128 e. The van der Waals surface area contributed by atoms with Gasteiger partial charge in [0, 0.05) is 39.5 Å². The minimum atomic E-state index is 0.698. The number of ether oxygens (including phenoxy) is 1. The van der Waals surface area contributed by atoms with E-state index in [0.29, 0.717) is 5.92 Å². The minimum Gasteiger partial charge on any atom is -0.381 e. The fourth-order valence-corrected chi connectivity index (χ4v) is 2.58. The van der Waals surface area contributed by atoms with Crippen LogP contribution in [0.25, 0.3) is 0 Å². The van der Waals surface area contributed by atoms with E-state index >= 15 is 0 Å². The summed E-state index contributed by atoms with van der Waals surface area (Å²) in [4.78, 5) is 6.64. The van der Waals surface area contributed by atoms with Crippen LogP contribution in [0.5, 0.6) is 0 Å². The summed E-state index contributed by atoms with van der Waals surface area (Å²) in [6.07, 6.45) is 4.02. The molecule has 1 aliphatic heterocycles. The molecule has 106 valence electrons. The lowest BCUT2D eigenvalue weighted by Crippen LogP contribution is -2.30. The maximum absolute atomic E-state index is 6.13. The highest BCUT2D eigenvalue weighted by Crippen LogP contribution is 2.22. The van der Waals surface area contributed by atoms with Crippen LogP contribution < -0.4 is 10.2 Å². The Balaban J connectivity index is 2.01. The Labute approximate surface area is 120 Å². The van der Waals surface area contributed by atoms with Gasteiger partial charge in [0.15, 0.2) is 0 Å². The number of halogens is 1. The summed E-state index contributed by atoms with van der Waals surface area (Å²) < 4.78 is 5.39. The van der Waals surface area contributed by atoms with E-state index in [1.807, 2.05) is 7.05 Å². The Morgan fingerprint density at radius 3 is 2.89 bits per heavy atom. The van der Waals surface area contributed by atoms with Crippen LogP contribution >= 0.6 is 11.6 Å². The molecule has 0 bridgehead atoms. The summed E-state index contributed by atoms with van der Waals surface area (Å²) in [6, 6.07) is 2.07. The van der Waals surface area contributed by atoms with Gasteiger partial charge in [0.2, 0.25) is 0 Å². The van der Waals surface area contributed by atoms with Gasteiger partial charge in [-0.1, -0.05) is 11.6 Å². The average Bonchev–Trinajstić information content (AvgIpc) is 2.42. The van der Waals surface area contributed by atoms with Gasteiger partial charge in [0.25, 0.3) is 0 Å². The van der Waals surface area contributed by atoms with Crippen molar-refractivity contribution in [1.82, 2.24) is 10.3 Å². The van der Waals surface area contributed by atoms with Crippen LogP contribution in [0.2, 0.25) is 5.02 Å². The largest absolute Gasteiger partial charge is 0.381 e. The van der Waals surface area contributed by atoms with Crippen LogP contribution in [0, 0.1) is 5.92 Å². The van der Waals surface area contributed by atoms with Crippen LogP contribution in [0.4, 0.5) is 5.82 Å². The predicted molar refractivity (Wildman–Crippen MR) is 78.8 cm³/mol. The zero-order valence-corrected chi connectivity index (χ0v) is 12.4. The van der Waals surface area contributed by atoms with E-state index in [9.17, 15) is 0 Å². The number of nitrogens with one attached hydrogen (secondary N) is 1. The smallest absolute Gasteiger partial charge is 0.128 e. The molecule has 4 nitrogen and oxygen atoms in total. The number of hydrogen-bond acceptors (Lipinski definition) is 4. The van der Waals surface area contributed by atoms with Gasteiger partial charge in [0.05, 0.1) is 5.02 Å². The van der Waals surface area contributed by atoms with Crippen molar-refractivity contribution in [2.45, 2.75) is 19.4 Å². The summed E-state index contributed by atoms with van der Waals surface area (Å²) >= 11 is 6.13. The van der Waals surface area contributed by atoms with Gasteiger partial charge in [0.1, 0.15) is 5.82 Å². The lowest BCUT2D eigenvalue weighted by atomic mass is 10.00. The fourth-order valence-electron chi connectivity index (χ4n) is 2.41. The second kappa shape index (κ2) is 7.08. The van der Waals surface area contributed by atoms with Crippen molar-refractivity contribution >= 4 is 17.4 Å². The number of hydrogen-bond donors (Lipinski definition) is 1. The molecule has 0 unspecified atom stereocenters. The molecule has 0 atom stereocenters. The monoisotopic (exact) mass is 283 g/mol. The first-order chi connectivity index (χ1) is 9.20. The molecule has 19 heavy (non-hydrogen) atoms. The van der Waals surface area contributed by atoms with E-state index < -0.39 is 0 Å². The van der Waals surface area contributed by atoms with Crippen molar-refractivity contribution in [3.05, 3.63) is 22.8 Å². The number of aromatic nitrogens is 1. The van der Waals surface area contributed by atoms with Gasteiger partial charge in [-0.2, -0.15) is 0 Å². The van der Waals surface area contributed by atoms with Gasteiger partial charge in [-0.25, -0.2) is 4.98 Å². The number of anilines is 1. The van der Waals surface area contributed by atoms with E-state index in [4.69, 9.17) is 16.3 Å². The quantitative estimate of drug-likeness (QED) is 0.900. The lowest BCUT2D eigenvalue weighted by Gasteiger charge is -2.28. The molecule has 1 aliphatic rings. The summed E-state index contributed by atoms with van der Waals surface area (Å²) in [7, 11) is 4.01. The van der Waals surface area contributed by atoms with E-state index in [1.165, 1.54) is 0 Å². The first-order valence-electron chi connectivity index (χ1n) is 6.78. The lowest BCUT2D eigenvalue weighted by molar-refractivity contribution is 0.0685. The number of nitrogens with zero attached hydrogens (tertiary/aromatic N) is 2. The second-order valence-electron chi connectivity index (χ2n) is 5.10. The highest BCUT2D eigenvalue weighted by molar-refractivity contribution is 6.31. The van der Waals surface area contributed by atoms with Crippen molar-refractivity contribution in [3.8, 4) is 0 Å². The third-order valence-electron chi connectivity index (χ3n) is 3.55. The highest BCUT2D eigenvalue weighted by atomic mass is 35.5.